The lowest BCUT2D eigenvalue weighted by atomic mass is 10.1. The predicted molar refractivity (Wildman–Crippen MR) is 86.5 cm³/mol. The molecular weight excluding hydrogens is 326 g/mol. The summed E-state index contributed by atoms with van der Waals surface area (Å²) < 4.78 is 15.4. The van der Waals surface area contributed by atoms with Gasteiger partial charge >= 0.3 is 5.97 Å². The molecule has 128 valence electrons. The Labute approximate surface area is 143 Å². The van der Waals surface area contributed by atoms with Gasteiger partial charge in [-0.3, -0.25) is 9.59 Å². The van der Waals surface area contributed by atoms with Gasteiger partial charge in [-0.1, -0.05) is 18.2 Å². The maximum atomic E-state index is 11.8. The van der Waals surface area contributed by atoms with Crippen molar-refractivity contribution in [1.29, 1.82) is 0 Å². The number of benzene rings is 2. The standard InChI is InChI=1S/C18H15NO6/c20-9-12-1-4-14(5-2-12)18(22)23-10-17(21)19-8-13-3-6-15-16(7-13)25-11-24-15/h1-7,9H,8,10-11H2,(H,19,21). The van der Waals surface area contributed by atoms with Crippen LogP contribution in [-0.2, 0) is 16.1 Å². The van der Waals surface area contributed by atoms with E-state index in [2.05, 4.69) is 5.32 Å². The molecule has 2 aromatic rings. The van der Waals surface area contributed by atoms with Gasteiger partial charge < -0.3 is 19.5 Å². The smallest absolute Gasteiger partial charge is 0.338 e. The monoisotopic (exact) mass is 341 g/mol. The summed E-state index contributed by atoms with van der Waals surface area (Å²) in [6.45, 7) is 0.0782. The molecule has 0 spiro atoms. The summed E-state index contributed by atoms with van der Waals surface area (Å²) in [5.74, 6) is 0.257. The quantitative estimate of drug-likeness (QED) is 0.635. The molecule has 0 bridgehead atoms. The molecule has 1 N–H and O–H groups in total. The van der Waals surface area contributed by atoms with Crippen LogP contribution in [0.1, 0.15) is 26.3 Å². The number of ether oxygens (including phenoxy) is 3. The van der Waals surface area contributed by atoms with Gasteiger partial charge in [0.15, 0.2) is 18.1 Å². The Bertz CT molecular complexity index is 800. The zero-order valence-corrected chi connectivity index (χ0v) is 13.2. The number of aldehydes is 1. The number of nitrogens with one attached hydrogen (secondary N) is 1. The predicted octanol–water partition coefficient (Wildman–Crippen LogP) is 1.70. The topological polar surface area (TPSA) is 90.9 Å². The number of amides is 1. The summed E-state index contributed by atoms with van der Waals surface area (Å²) >= 11 is 0. The molecule has 1 aliphatic rings. The van der Waals surface area contributed by atoms with Crippen LogP contribution in [0.5, 0.6) is 11.5 Å². The molecule has 0 aromatic heterocycles. The third kappa shape index (κ3) is 4.14. The summed E-state index contributed by atoms with van der Waals surface area (Å²) in [4.78, 5) is 34.2. The van der Waals surface area contributed by atoms with Gasteiger partial charge in [0.2, 0.25) is 6.79 Å². The lowest BCUT2D eigenvalue weighted by Gasteiger charge is -2.07. The van der Waals surface area contributed by atoms with E-state index < -0.39 is 18.5 Å². The number of hydrogen-bond acceptors (Lipinski definition) is 6. The van der Waals surface area contributed by atoms with Gasteiger partial charge in [0.05, 0.1) is 5.56 Å². The molecule has 25 heavy (non-hydrogen) atoms. The summed E-state index contributed by atoms with van der Waals surface area (Å²) in [5, 5.41) is 2.66. The van der Waals surface area contributed by atoms with E-state index in [-0.39, 0.29) is 18.9 Å². The van der Waals surface area contributed by atoms with Crippen LogP contribution in [0.15, 0.2) is 42.5 Å². The van der Waals surface area contributed by atoms with Gasteiger partial charge in [-0.2, -0.15) is 0 Å². The number of carbonyl (C=O) groups is 3. The highest BCUT2D eigenvalue weighted by Gasteiger charge is 2.14. The van der Waals surface area contributed by atoms with E-state index in [1.54, 1.807) is 12.1 Å². The van der Waals surface area contributed by atoms with E-state index in [4.69, 9.17) is 14.2 Å². The van der Waals surface area contributed by atoms with Crippen molar-refractivity contribution in [2.45, 2.75) is 6.54 Å². The molecule has 1 amide bonds. The van der Waals surface area contributed by atoms with Gasteiger partial charge in [0, 0.05) is 12.1 Å². The fourth-order valence-corrected chi connectivity index (χ4v) is 2.21. The second-order valence-corrected chi connectivity index (χ2v) is 5.28. The van der Waals surface area contributed by atoms with Crippen LogP contribution >= 0.6 is 0 Å². The van der Waals surface area contributed by atoms with Gasteiger partial charge in [-0.05, 0) is 29.8 Å². The molecule has 1 heterocycles. The summed E-state index contributed by atoms with van der Waals surface area (Å²) in [6.07, 6.45) is 0.679. The molecule has 0 atom stereocenters. The van der Waals surface area contributed by atoms with Crippen LogP contribution in [0, 0.1) is 0 Å². The highest BCUT2D eigenvalue weighted by Crippen LogP contribution is 2.32. The molecule has 0 fully saturated rings. The SMILES string of the molecule is O=Cc1ccc(C(=O)OCC(=O)NCc2ccc3c(c2)OCO3)cc1. The zero-order chi connectivity index (χ0) is 17.6. The second kappa shape index (κ2) is 7.48. The third-order valence-electron chi connectivity index (χ3n) is 3.54. The van der Waals surface area contributed by atoms with Crippen molar-refractivity contribution in [2.75, 3.05) is 13.4 Å². The van der Waals surface area contributed by atoms with E-state index in [0.717, 1.165) is 5.56 Å². The average Bonchev–Trinajstić information content (AvgIpc) is 3.12. The van der Waals surface area contributed by atoms with Crippen LogP contribution in [0.4, 0.5) is 0 Å². The van der Waals surface area contributed by atoms with Crippen molar-refractivity contribution >= 4 is 18.2 Å². The highest BCUT2D eigenvalue weighted by atomic mass is 16.7. The summed E-state index contributed by atoms with van der Waals surface area (Å²) in [7, 11) is 0. The van der Waals surface area contributed by atoms with Crippen molar-refractivity contribution in [3.05, 3.63) is 59.2 Å². The molecule has 0 saturated carbocycles. The van der Waals surface area contributed by atoms with Crippen molar-refractivity contribution in [3.8, 4) is 11.5 Å². The maximum absolute atomic E-state index is 11.8. The Hall–Kier alpha value is -3.35. The Balaban J connectivity index is 1.46. The van der Waals surface area contributed by atoms with Gasteiger partial charge in [0.1, 0.15) is 6.29 Å². The number of carbonyl (C=O) groups excluding carboxylic acids is 3. The van der Waals surface area contributed by atoms with Crippen LogP contribution in [0.2, 0.25) is 0 Å². The molecular formula is C18H15NO6. The number of hydrogen-bond donors (Lipinski definition) is 1. The zero-order valence-electron chi connectivity index (χ0n) is 13.2. The van der Waals surface area contributed by atoms with E-state index >= 15 is 0 Å². The highest BCUT2D eigenvalue weighted by molar-refractivity contribution is 5.92. The van der Waals surface area contributed by atoms with Crippen molar-refractivity contribution in [2.24, 2.45) is 0 Å². The summed E-state index contributed by atoms with van der Waals surface area (Å²) in [5.41, 5.74) is 1.57. The molecule has 7 nitrogen and oxygen atoms in total. The molecule has 0 aliphatic carbocycles. The van der Waals surface area contributed by atoms with Crippen LogP contribution in [0.3, 0.4) is 0 Å². The first-order chi connectivity index (χ1) is 12.2. The maximum Gasteiger partial charge on any atom is 0.338 e. The Kier molecular flexibility index (Phi) is 4.94. The lowest BCUT2D eigenvalue weighted by Crippen LogP contribution is -2.28. The van der Waals surface area contributed by atoms with Gasteiger partial charge in [0.25, 0.3) is 5.91 Å². The van der Waals surface area contributed by atoms with Gasteiger partial charge in [-0.25, -0.2) is 4.79 Å². The van der Waals surface area contributed by atoms with Crippen LogP contribution in [0.25, 0.3) is 0 Å². The first-order valence-corrected chi connectivity index (χ1v) is 7.53. The van der Waals surface area contributed by atoms with Crippen molar-refractivity contribution in [1.82, 2.24) is 5.32 Å². The lowest BCUT2D eigenvalue weighted by molar-refractivity contribution is -0.124. The molecule has 7 heteroatoms. The number of rotatable bonds is 6. The Morgan fingerprint density at radius 2 is 1.84 bits per heavy atom. The largest absolute Gasteiger partial charge is 0.454 e. The van der Waals surface area contributed by atoms with E-state index in [0.29, 0.717) is 23.3 Å². The molecule has 0 unspecified atom stereocenters. The third-order valence-corrected chi connectivity index (χ3v) is 3.54. The van der Waals surface area contributed by atoms with Crippen molar-refractivity contribution in [3.63, 3.8) is 0 Å². The fourth-order valence-electron chi connectivity index (χ4n) is 2.21. The minimum Gasteiger partial charge on any atom is -0.454 e. The van der Waals surface area contributed by atoms with Crippen molar-refractivity contribution < 1.29 is 28.6 Å². The number of fused-ring (bicyclic) bond motifs is 1. The molecule has 3 rings (SSSR count). The minimum atomic E-state index is -0.629. The molecule has 0 saturated heterocycles. The Morgan fingerprint density at radius 3 is 2.60 bits per heavy atom. The van der Waals surface area contributed by atoms with E-state index in [9.17, 15) is 14.4 Å². The van der Waals surface area contributed by atoms with Crippen LogP contribution < -0.4 is 14.8 Å². The molecule has 0 radical (unpaired) electrons. The van der Waals surface area contributed by atoms with E-state index in [1.165, 1.54) is 24.3 Å². The van der Waals surface area contributed by atoms with Gasteiger partial charge in [-0.15, -0.1) is 0 Å². The Morgan fingerprint density at radius 1 is 1.08 bits per heavy atom. The summed E-state index contributed by atoms with van der Waals surface area (Å²) in [6, 6.07) is 11.3. The molecule has 1 aliphatic heterocycles. The fraction of sp³-hybridized carbons (Fsp3) is 0.167. The normalized spacial score (nSPS) is 11.7. The number of esters is 1. The van der Waals surface area contributed by atoms with E-state index in [1.807, 2.05) is 6.07 Å². The first kappa shape index (κ1) is 16.5. The van der Waals surface area contributed by atoms with Crippen LogP contribution in [-0.4, -0.2) is 31.6 Å². The first-order valence-electron chi connectivity index (χ1n) is 7.53. The second-order valence-electron chi connectivity index (χ2n) is 5.28. The molecule has 2 aromatic carbocycles. The minimum absolute atomic E-state index is 0.189. The average molecular weight is 341 g/mol.